The first-order chi connectivity index (χ1) is 11.3. The Morgan fingerprint density at radius 2 is 2.04 bits per heavy atom. The van der Waals surface area contributed by atoms with Gasteiger partial charge in [-0.3, -0.25) is 9.38 Å². The van der Waals surface area contributed by atoms with Gasteiger partial charge < -0.3 is 4.74 Å². The fourth-order valence-corrected chi connectivity index (χ4v) is 3.12. The first kappa shape index (κ1) is 16.1. The average Bonchev–Trinajstić information content (AvgIpc) is 2.96. The van der Waals surface area contributed by atoms with Crippen molar-refractivity contribution >= 4 is 15.8 Å². The molecule has 3 rings (SSSR count). The van der Waals surface area contributed by atoms with Crippen molar-refractivity contribution in [1.82, 2.24) is 23.7 Å². The van der Waals surface area contributed by atoms with E-state index in [1.165, 1.54) is 39.7 Å². The molecule has 0 amide bonds. The standard InChI is InChI=1S/C14H15N5O4S/c1-18(2)24(21,22)9-4-5-10(12(6-9)23-3)11-7-19-8-15-14(20)17-13(19)16-11/h4-8H,1-3H3,(H,16,17,20). The first-order valence-electron chi connectivity index (χ1n) is 6.88. The lowest BCUT2D eigenvalue weighted by molar-refractivity contribution is 0.414. The van der Waals surface area contributed by atoms with Crippen LogP contribution >= 0.6 is 0 Å². The van der Waals surface area contributed by atoms with E-state index in [1.54, 1.807) is 16.7 Å². The Kier molecular flexibility index (Phi) is 3.85. The van der Waals surface area contributed by atoms with E-state index in [1.807, 2.05) is 0 Å². The number of hydrogen-bond donors (Lipinski definition) is 1. The van der Waals surface area contributed by atoms with Gasteiger partial charge in [-0.05, 0) is 12.1 Å². The van der Waals surface area contributed by atoms with Gasteiger partial charge in [-0.25, -0.2) is 22.5 Å². The number of rotatable bonds is 4. The van der Waals surface area contributed by atoms with Crippen LogP contribution in [-0.4, -0.2) is 53.3 Å². The second-order valence-corrected chi connectivity index (χ2v) is 7.33. The summed E-state index contributed by atoms with van der Waals surface area (Å²) in [6.07, 6.45) is 3.01. The predicted molar refractivity (Wildman–Crippen MR) is 86.5 cm³/mol. The first-order valence-corrected chi connectivity index (χ1v) is 8.32. The SMILES string of the molecule is COc1cc(S(=O)(=O)N(C)C)ccc1-c1cn2cnc(=O)[nH]c2n1. The third-order valence-corrected chi connectivity index (χ3v) is 5.29. The van der Waals surface area contributed by atoms with Crippen molar-refractivity contribution in [3.8, 4) is 17.0 Å². The van der Waals surface area contributed by atoms with Gasteiger partial charge in [0.2, 0.25) is 15.8 Å². The fourth-order valence-electron chi connectivity index (χ4n) is 2.20. The van der Waals surface area contributed by atoms with Gasteiger partial charge in [0.1, 0.15) is 12.1 Å². The summed E-state index contributed by atoms with van der Waals surface area (Å²) in [5.41, 5.74) is 0.614. The number of imidazole rings is 1. The summed E-state index contributed by atoms with van der Waals surface area (Å²) in [7, 11) is 0.799. The number of nitrogens with zero attached hydrogens (tertiary/aromatic N) is 4. The zero-order valence-corrected chi connectivity index (χ0v) is 14.0. The van der Waals surface area contributed by atoms with E-state index < -0.39 is 15.7 Å². The minimum Gasteiger partial charge on any atom is -0.496 e. The molecule has 0 spiro atoms. The van der Waals surface area contributed by atoms with Gasteiger partial charge >= 0.3 is 5.69 Å². The van der Waals surface area contributed by atoms with Crippen LogP contribution in [0, 0.1) is 0 Å². The molecule has 0 aliphatic heterocycles. The van der Waals surface area contributed by atoms with Crippen LogP contribution in [0.1, 0.15) is 0 Å². The Balaban J connectivity index is 2.15. The number of nitrogens with one attached hydrogen (secondary N) is 1. The van der Waals surface area contributed by atoms with Crippen LogP contribution < -0.4 is 10.4 Å². The molecule has 1 aromatic carbocycles. The minimum atomic E-state index is -3.57. The number of aromatic amines is 1. The van der Waals surface area contributed by atoms with Crippen LogP contribution in [0.25, 0.3) is 17.0 Å². The Morgan fingerprint density at radius 1 is 1.29 bits per heavy atom. The third-order valence-electron chi connectivity index (χ3n) is 3.48. The summed E-state index contributed by atoms with van der Waals surface area (Å²) in [5.74, 6) is 0.689. The van der Waals surface area contributed by atoms with Gasteiger partial charge in [-0.1, -0.05) is 0 Å². The molecule has 2 aromatic heterocycles. The molecule has 1 N–H and O–H groups in total. The summed E-state index contributed by atoms with van der Waals surface area (Å²) in [6.45, 7) is 0. The summed E-state index contributed by atoms with van der Waals surface area (Å²) in [6, 6.07) is 4.54. The Hall–Kier alpha value is -2.72. The molecule has 0 saturated carbocycles. The van der Waals surface area contributed by atoms with Crippen LogP contribution in [0.15, 0.2) is 40.4 Å². The molecule has 0 fully saturated rings. The van der Waals surface area contributed by atoms with E-state index in [4.69, 9.17) is 4.74 Å². The molecule has 3 aromatic rings. The van der Waals surface area contributed by atoms with Crippen LogP contribution in [0.4, 0.5) is 0 Å². The summed E-state index contributed by atoms with van der Waals surface area (Å²) >= 11 is 0. The van der Waals surface area contributed by atoms with Gasteiger partial charge in [0.05, 0.1) is 17.7 Å². The molecule has 0 aliphatic carbocycles. The topological polar surface area (TPSA) is 110 Å². The summed E-state index contributed by atoms with van der Waals surface area (Å²) in [4.78, 5) is 21.8. The molecule has 0 unspecified atom stereocenters. The van der Waals surface area contributed by atoms with E-state index in [9.17, 15) is 13.2 Å². The zero-order valence-electron chi connectivity index (χ0n) is 13.2. The number of benzene rings is 1. The highest BCUT2D eigenvalue weighted by Crippen LogP contribution is 2.32. The van der Waals surface area contributed by atoms with Crippen LogP contribution in [0.3, 0.4) is 0 Å². The molecule has 0 bridgehead atoms. The minimum absolute atomic E-state index is 0.118. The van der Waals surface area contributed by atoms with Gasteiger partial charge in [0.15, 0.2) is 0 Å². The second kappa shape index (κ2) is 5.73. The Morgan fingerprint density at radius 3 is 2.71 bits per heavy atom. The van der Waals surface area contributed by atoms with Crippen molar-refractivity contribution in [2.45, 2.75) is 4.90 Å². The van der Waals surface area contributed by atoms with Crippen LogP contribution in [0.5, 0.6) is 5.75 Å². The lowest BCUT2D eigenvalue weighted by atomic mass is 10.1. The molecular formula is C14H15N5O4S. The number of ether oxygens (including phenoxy) is 1. The summed E-state index contributed by atoms with van der Waals surface area (Å²) < 4.78 is 32.5. The van der Waals surface area contributed by atoms with Gasteiger partial charge in [0, 0.05) is 31.9 Å². The monoisotopic (exact) mass is 349 g/mol. The van der Waals surface area contributed by atoms with Gasteiger partial charge in [-0.2, -0.15) is 4.98 Å². The van der Waals surface area contributed by atoms with E-state index >= 15 is 0 Å². The van der Waals surface area contributed by atoms with Gasteiger partial charge in [0.25, 0.3) is 0 Å². The molecule has 24 heavy (non-hydrogen) atoms. The normalized spacial score (nSPS) is 12.0. The highest BCUT2D eigenvalue weighted by atomic mass is 32.2. The van der Waals surface area contributed by atoms with E-state index in [-0.39, 0.29) is 4.90 Å². The molecule has 0 aliphatic rings. The largest absolute Gasteiger partial charge is 0.496 e. The highest BCUT2D eigenvalue weighted by molar-refractivity contribution is 7.89. The molecule has 9 nitrogen and oxygen atoms in total. The summed E-state index contributed by atoms with van der Waals surface area (Å²) in [5, 5.41) is 0. The van der Waals surface area contributed by atoms with Crippen molar-refractivity contribution in [3.05, 3.63) is 41.2 Å². The maximum absolute atomic E-state index is 12.2. The molecule has 0 saturated heterocycles. The number of hydrogen-bond acceptors (Lipinski definition) is 6. The van der Waals surface area contributed by atoms with Crippen LogP contribution in [0.2, 0.25) is 0 Å². The number of fused-ring (bicyclic) bond motifs is 1. The molecule has 2 heterocycles. The van der Waals surface area contributed by atoms with Crippen LogP contribution in [-0.2, 0) is 10.0 Å². The molecule has 10 heteroatoms. The highest BCUT2D eigenvalue weighted by Gasteiger charge is 2.20. The van der Waals surface area contributed by atoms with Crippen molar-refractivity contribution in [3.63, 3.8) is 0 Å². The lowest BCUT2D eigenvalue weighted by Gasteiger charge is -2.13. The number of methoxy groups -OCH3 is 1. The Labute approximate surface area is 137 Å². The number of H-pyrrole nitrogens is 1. The number of aromatic nitrogens is 4. The number of sulfonamides is 1. The maximum Gasteiger partial charge on any atom is 0.349 e. The van der Waals surface area contributed by atoms with Crippen molar-refractivity contribution in [2.24, 2.45) is 0 Å². The van der Waals surface area contributed by atoms with Crippen molar-refractivity contribution < 1.29 is 13.2 Å². The van der Waals surface area contributed by atoms with E-state index in [0.29, 0.717) is 22.8 Å². The smallest absolute Gasteiger partial charge is 0.349 e. The van der Waals surface area contributed by atoms with E-state index in [0.717, 1.165) is 4.31 Å². The third kappa shape index (κ3) is 2.65. The predicted octanol–water partition coefficient (Wildman–Crippen LogP) is 0.343. The fraction of sp³-hybridized carbons (Fsp3) is 0.214. The molecule has 126 valence electrons. The average molecular weight is 349 g/mol. The quantitative estimate of drug-likeness (QED) is 0.727. The zero-order chi connectivity index (χ0) is 17.5. The Bertz CT molecular complexity index is 1070. The van der Waals surface area contributed by atoms with E-state index in [2.05, 4.69) is 15.0 Å². The maximum atomic E-state index is 12.2. The molecular weight excluding hydrogens is 334 g/mol. The molecule has 0 radical (unpaired) electrons. The lowest BCUT2D eigenvalue weighted by Crippen LogP contribution is -2.22. The second-order valence-electron chi connectivity index (χ2n) is 5.18. The molecule has 0 atom stereocenters. The van der Waals surface area contributed by atoms with Crippen molar-refractivity contribution in [2.75, 3.05) is 21.2 Å². The van der Waals surface area contributed by atoms with Gasteiger partial charge in [-0.15, -0.1) is 0 Å². The van der Waals surface area contributed by atoms with Crippen molar-refractivity contribution in [1.29, 1.82) is 0 Å².